The van der Waals surface area contributed by atoms with E-state index in [1.54, 1.807) is 0 Å². The normalized spacial score (nSPS) is 25.5. The molecule has 0 radical (unpaired) electrons. The first-order chi connectivity index (χ1) is 2.89. The minimum atomic E-state index is 0.00720. The fourth-order valence-electron chi connectivity index (χ4n) is 0.679. The van der Waals surface area contributed by atoms with Crippen molar-refractivity contribution in [3.63, 3.8) is 0 Å². The van der Waals surface area contributed by atoms with Crippen molar-refractivity contribution in [1.82, 2.24) is 0 Å². The molecule has 1 fully saturated rings. The van der Waals surface area contributed by atoms with Crippen molar-refractivity contribution in [2.75, 3.05) is 12.3 Å². The second-order valence-corrected chi connectivity index (χ2v) is 4.87. The monoisotopic (exact) mass is 122 g/mol. The predicted molar refractivity (Wildman–Crippen MR) is 31.7 cm³/mol. The van der Waals surface area contributed by atoms with Gasteiger partial charge in [0.05, 0.1) is 0 Å². The summed E-state index contributed by atoms with van der Waals surface area (Å²) in [4.78, 5) is 0. The molecular formula is C4H8ClP. The van der Waals surface area contributed by atoms with E-state index in [1.165, 1.54) is 25.2 Å². The standard InChI is InChI=1S/C4H8ClP/c5-6-3-1-2-4-6/h1-4H2. The first-order valence-electron chi connectivity index (χ1n) is 2.30. The zero-order valence-corrected chi connectivity index (χ0v) is 5.30. The Balaban J connectivity index is 2.18. The van der Waals surface area contributed by atoms with E-state index < -0.39 is 0 Å². The molecule has 0 N–H and O–H groups in total. The summed E-state index contributed by atoms with van der Waals surface area (Å²) in [5.41, 5.74) is 0. The van der Waals surface area contributed by atoms with Crippen LogP contribution < -0.4 is 0 Å². The first kappa shape index (κ1) is 4.87. The van der Waals surface area contributed by atoms with Crippen molar-refractivity contribution < 1.29 is 0 Å². The maximum absolute atomic E-state index is 5.78. The van der Waals surface area contributed by atoms with Crippen LogP contribution in [0.5, 0.6) is 0 Å². The van der Waals surface area contributed by atoms with Crippen LogP contribution in [0.25, 0.3) is 0 Å². The Hall–Kier alpha value is 0.720. The van der Waals surface area contributed by atoms with Crippen LogP contribution in [-0.2, 0) is 0 Å². The van der Waals surface area contributed by atoms with E-state index >= 15 is 0 Å². The molecule has 0 bridgehead atoms. The van der Waals surface area contributed by atoms with Gasteiger partial charge in [-0.15, -0.1) is 0 Å². The van der Waals surface area contributed by atoms with Gasteiger partial charge in [-0.3, -0.25) is 0 Å². The van der Waals surface area contributed by atoms with Crippen LogP contribution in [0, 0.1) is 0 Å². The third-order valence-corrected chi connectivity index (χ3v) is 3.67. The Morgan fingerprint density at radius 1 is 1.17 bits per heavy atom. The molecule has 0 atom stereocenters. The van der Waals surface area contributed by atoms with Gasteiger partial charge in [0, 0.05) is 0 Å². The van der Waals surface area contributed by atoms with Crippen LogP contribution in [0.1, 0.15) is 12.8 Å². The summed E-state index contributed by atoms with van der Waals surface area (Å²) in [6.45, 7) is 0. The lowest BCUT2D eigenvalue weighted by Crippen LogP contribution is -1.58. The van der Waals surface area contributed by atoms with Crippen LogP contribution in [0.2, 0.25) is 0 Å². The van der Waals surface area contributed by atoms with Crippen LogP contribution in [0.15, 0.2) is 0 Å². The average molecular weight is 123 g/mol. The van der Waals surface area contributed by atoms with Gasteiger partial charge >= 0.3 is 0 Å². The molecule has 0 aliphatic carbocycles. The molecule has 1 rings (SSSR count). The van der Waals surface area contributed by atoms with Crippen molar-refractivity contribution in [2.45, 2.75) is 12.8 Å². The smallest absolute Gasteiger partial charge is 0.00973 e. The van der Waals surface area contributed by atoms with Gasteiger partial charge in [-0.1, -0.05) is 11.2 Å². The Labute approximate surface area is 44.4 Å². The van der Waals surface area contributed by atoms with Gasteiger partial charge in [0.25, 0.3) is 0 Å². The molecular weight excluding hydrogens is 114 g/mol. The van der Waals surface area contributed by atoms with Gasteiger partial charge in [-0.2, -0.15) is 0 Å². The highest BCUT2D eigenvalue weighted by atomic mass is 35.7. The quantitative estimate of drug-likeness (QED) is 0.433. The molecule has 0 nitrogen and oxygen atoms in total. The zero-order chi connectivity index (χ0) is 4.41. The topological polar surface area (TPSA) is 0 Å². The number of halogens is 1. The summed E-state index contributed by atoms with van der Waals surface area (Å²) in [7, 11) is 0.00720. The van der Waals surface area contributed by atoms with E-state index in [0.717, 1.165) is 0 Å². The van der Waals surface area contributed by atoms with Gasteiger partial charge in [0.2, 0.25) is 0 Å². The lowest BCUT2D eigenvalue weighted by molar-refractivity contribution is 0.949. The molecule has 0 unspecified atom stereocenters. The second kappa shape index (κ2) is 2.14. The van der Waals surface area contributed by atoms with E-state index in [4.69, 9.17) is 11.2 Å². The zero-order valence-electron chi connectivity index (χ0n) is 3.65. The predicted octanol–water partition coefficient (Wildman–Crippen LogP) is 2.42. The van der Waals surface area contributed by atoms with Crippen molar-refractivity contribution in [2.24, 2.45) is 0 Å². The van der Waals surface area contributed by atoms with Crippen molar-refractivity contribution in [1.29, 1.82) is 0 Å². The van der Waals surface area contributed by atoms with Crippen molar-refractivity contribution in [3.8, 4) is 0 Å². The van der Waals surface area contributed by atoms with E-state index in [2.05, 4.69) is 0 Å². The van der Waals surface area contributed by atoms with Crippen LogP contribution >= 0.6 is 18.5 Å². The van der Waals surface area contributed by atoms with Crippen LogP contribution in [-0.4, -0.2) is 12.3 Å². The lowest BCUT2D eigenvalue weighted by atomic mass is 10.4. The van der Waals surface area contributed by atoms with Gasteiger partial charge in [-0.05, 0) is 32.4 Å². The van der Waals surface area contributed by atoms with Crippen LogP contribution in [0.4, 0.5) is 0 Å². The Bertz CT molecular complexity index is 40.8. The van der Waals surface area contributed by atoms with Gasteiger partial charge < -0.3 is 0 Å². The Morgan fingerprint density at radius 3 is 1.83 bits per heavy atom. The highest BCUT2D eigenvalue weighted by molar-refractivity contribution is 7.84. The van der Waals surface area contributed by atoms with E-state index in [1.807, 2.05) is 0 Å². The largest absolute Gasteiger partial charge is 0.0964 e. The minimum Gasteiger partial charge on any atom is -0.0964 e. The molecule has 0 aromatic rings. The summed E-state index contributed by atoms with van der Waals surface area (Å²) >= 11 is 5.78. The molecule has 0 spiro atoms. The summed E-state index contributed by atoms with van der Waals surface area (Å²) in [5.74, 6) is 0. The van der Waals surface area contributed by atoms with E-state index in [0.29, 0.717) is 0 Å². The highest BCUT2D eigenvalue weighted by Gasteiger charge is 2.09. The molecule has 0 amide bonds. The maximum Gasteiger partial charge on any atom is -0.00973 e. The number of hydrogen-bond donors (Lipinski definition) is 0. The highest BCUT2D eigenvalue weighted by Crippen LogP contribution is 2.47. The number of rotatable bonds is 0. The molecule has 36 valence electrons. The van der Waals surface area contributed by atoms with Gasteiger partial charge in [0.15, 0.2) is 0 Å². The SMILES string of the molecule is ClP1CCCC1. The first-order valence-corrected chi connectivity index (χ1v) is 4.92. The summed E-state index contributed by atoms with van der Waals surface area (Å²) in [6, 6.07) is 0. The fraction of sp³-hybridized carbons (Fsp3) is 1.00. The minimum absolute atomic E-state index is 0.00720. The Kier molecular flexibility index (Phi) is 1.74. The Morgan fingerprint density at radius 2 is 1.67 bits per heavy atom. The summed E-state index contributed by atoms with van der Waals surface area (Å²) in [6.07, 6.45) is 5.40. The fourth-order valence-corrected chi connectivity index (χ4v) is 2.75. The van der Waals surface area contributed by atoms with E-state index in [-0.39, 0.29) is 7.27 Å². The molecule has 1 heterocycles. The van der Waals surface area contributed by atoms with Crippen molar-refractivity contribution >= 4 is 18.5 Å². The molecule has 1 aliphatic rings. The third kappa shape index (κ3) is 1.10. The molecule has 6 heavy (non-hydrogen) atoms. The molecule has 2 heteroatoms. The van der Waals surface area contributed by atoms with Crippen LogP contribution in [0.3, 0.4) is 0 Å². The number of hydrogen-bond acceptors (Lipinski definition) is 0. The summed E-state index contributed by atoms with van der Waals surface area (Å²) < 4.78 is 0. The molecule has 0 aromatic carbocycles. The van der Waals surface area contributed by atoms with Crippen molar-refractivity contribution in [3.05, 3.63) is 0 Å². The molecule has 1 saturated heterocycles. The van der Waals surface area contributed by atoms with E-state index in [9.17, 15) is 0 Å². The van der Waals surface area contributed by atoms with Gasteiger partial charge in [0.1, 0.15) is 0 Å². The molecule has 1 aliphatic heterocycles. The maximum atomic E-state index is 5.78. The second-order valence-electron chi connectivity index (χ2n) is 1.62. The summed E-state index contributed by atoms with van der Waals surface area (Å²) in [5, 5.41) is 0. The van der Waals surface area contributed by atoms with Gasteiger partial charge in [-0.25, -0.2) is 0 Å². The molecule has 0 aromatic heterocycles. The average Bonchev–Trinajstić information content (AvgIpc) is 1.86. The third-order valence-electron chi connectivity index (χ3n) is 1.05. The lowest BCUT2D eigenvalue weighted by Gasteiger charge is -1.89. The molecule has 0 saturated carbocycles.